The molecule has 4 rings (SSSR count). The third-order valence-electron chi connectivity index (χ3n) is 5.95. The Morgan fingerprint density at radius 3 is 2.00 bits per heavy atom. The van der Waals surface area contributed by atoms with Gasteiger partial charge in [-0.25, -0.2) is 21.2 Å². The van der Waals surface area contributed by atoms with Gasteiger partial charge in [0.2, 0.25) is 5.91 Å². The predicted octanol–water partition coefficient (Wildman–Crippen LogP) is 5.08. The first kappa shape index (κ1) is 27.8. The molecule has 2 N–H and O–H groups in total. The van der Waals surface area contributed by atoms with Crippen molar-refractivity contribution in [2.45, 2.75) is 23.6 Å². The molecule has 39 heavy (non-hydrogen) atoms. The summed E-state index contributed by atoms with van der Waals surface area (Å²) >= 11 is 0. The molecule has 0 saturated heterocycles. The number of hydrogen-bond donors (Lipinski definition) is 2. The molecule has 1 amide bonds. The smallest absolute Gasteiger partial charge is 0.264 e. The van der Waals surface area contributed by atoms with Gasteiger partial charge < -0.3 is 5.32 Å². The van der Waals surface area contributed by atoms with E-state index in [1.165, 1.54) is 66.7 Å². The van der Waals surface area contributed by atoms with Crippen LogP contribution in [0, 0.1) is 19.7 Å². The molecular formula is C28H26FN3O5S2. The van der Waals surface area contributed by atoms with Crippen molar-refractivity contribution in [3.05, 3.63) is 114 Å². The van der Waals surface area contributed by atoms with Gasteiger partial charge in [-0.05, 0) is 85.6 Å². The maximum atomic E-state index is 14.6. The van der Waals surface area contributed by atoms with Crippen LogP contribution in [-0.2, 0) is 24.8 Å². The molecule has 0 unspecified atom stereocenters. The quantitative estimate of drug-likeness (QED) is 0.293. The van der Waals surface area contributed by atoms with Crippen LogP contribution < -0.4 is 14.3 Å². The van der Waals surface area contributed by atoms with Crippen LogP contribution in [0.4, 0.5) is 21.5 Å². The number of amides is 1. The second-order valence-electron chi connectivity index (χ2n) is 8.75. The van der Waals surface area contributed by atoms with Crippen molar-refractivity contribution in [1.29, 1.82) is 0 Å². The van der Waals surface area contributed by atoms with Gasteiger partial charge in [-0.2, -0.15) is 0 Å². The summed E-state index contributed by atoms with van der Waals surface area (Å²) in [4.78, 5) is 12.8. The first-order valence-electron chi connectivity index (χ1n) is 11.8. The van der Waals surface area contributed by atoms with Crippen molar-refractivity contribution in [3.8, 4) is 0 Å². The molecule has 0 heterocycles. The Hall–Kier alpha value is -4.22. The molecule has 0 atom stereocenters. The van der Waals surface area contributed by atoms with E-state index in [2.05, 4.69) is 10.0 Å². The van der Waals surface area contributed by atoms with Crippen molar-refractivity contribution in [3.63, 3.8) is 0 Å². The lowest BCUT2D eigenvalue weighted by Gasteiger charge is -2.24. The normalized spacial score (nSPS) is 11.6. The number of halogens is 1. The Labute approximate surface area is 227 Å². The number of para-hydroxylation sites is 1. The van der Waals surface area contributed by atoms with Crippen LogP contribution in [0.5, 0.6) is 0 Å². The Bertz CT molecular complexity index is 1710. The van der Waals surface area contributed by atoms with E-state index >= 15 is 0 Å². The lowest BCUT2D eigenvalue weighted by molar-refractivity contribution is -0.114. The van der Waals surface area contributed by atoms with Crippen LogP contribution in [0.2, 0.25) is 0 Å². The van der Waals surface area contributed by atoms with Gasteiger partial charge in [0.25, 0.3) is 20.0 Å². The lowest BCUT2D eigenvalue weighted by Crippen LogP contribution is -2.38. The fourth-order valence-corrected chi connectivity index (χ4v) is 6.24. The number of aryl methyl sites for hydroxylation is 2. The number of carbonyl (C=O) groups is 1. The van der Waals surface area contributed by atoms with Crippen LogP contribution in [-0.4, -0.2) is 29.3 Å². The Morgan fingerprint density at radius 2 is 1.36 bits per heavy atom. The summed E-state index contributed by atoms with van der Waals surface area (Å²) in [6.07, 6.45) is 0. The van der Waals surface area contributed by atoms with E-state index in [-0.39, 0.29) is 21.2 Å². The largest absolute Gasteiger partial charge is 0.325 e. The van der Waals surface area contributed by atoms with Crippen LogP contribution in [0.3, 0.4) is 0 Å². The van der Waals surface area contributed by atoms with Gasteiger partial charge in [-0.15, -0.1) is 0 Å². The highest BCUT2D eigenvalue weighted by Crippen LogP contribution is 2.26. The van der Waals surface area contributed by atoms with Crippen LogP contribution >= 0.6 is 0 Å². The standard InChI is InChI=1S/C28H26FN3O5S2/c1-20-12-13-23(18-21(20)2)31-38(34,35)24-16-14-22(15-17-24)30-28(33)19-32(27-11-7-6-10-26(27)29)39(36,37)25-8-4-3-5-9-25/h3-18,31H,19H2,1-2H3,(H,30,33). The fourth-order valence-electron chi connectivity index (χ4n) is 3.74. The molecular weight excluding hydrogens is 541 g/mol. The van der Waals surface area contributed by atoms with Crippen LogP contribution in [0.15, 0.2) is 107 Å². The summed E-state index contributed by atoms with van der Waals surface area (Å²) in [6.45, 7) is 3.09. The average Bonchev–Trinajstić information content (AvgIpc) is 2.90. The van der Waals surface area contributed by atoms with Gasteiger partial charge >= 0.3 is 0 Å². The summed E-state index contributed by atoms with van der Waals surface area (Å²) in [5.74, 6) is -1.56. The molecule has 0 aliphatic rings. The number of anilines is 3. The Balaban J connectivity index is 1.52. The fraction of sp³-hybridized carbons (Fsp3) is 0.107. The van der Waals surface area contributed by atoms with E-state index in [1.807, 2.05) is 19.9 Å². The lowest BCUT2D eigenvalue weighted by atomic mass is 10.1. The molecule has 4 aromatic carbocycles. The Morgan fingerprint density at radius 1 is 0.744 bits per heavy atom. The molecule has 8 nitrogen and oxygen atoms in total. The molecule has 0 bridgehead atoms. The number of sulfonamides is 2. The maximum Gasteiger partial charge on any atom is 0.264 e. The third-order valence-corrected chi connectivity index (χ3v) is 9.12. The minimum atomic E-state index is -4.28. The van der Waals surface area contributed by atoms with E-state index in [9.17, 15) is 26.0 Å². The second kappa shape index (κ2) is 11.3. The summed E-state index contributed by atoms with van der Waals surface area (Å²) in [7, 11) is -8.17. The number of rotatable bonds is 9. The maximum absolute atomic E-state index is 14.6. The van der Waals surface area contributed by atoms with E-state index in [0.29, 0.717) is 9.99 Å². The predicted molar refractivity (Wildman–Crippen MR) is 149 cm³/mol. The molecule has 11 heteroatoms. The molecule has 0 aliphatic heterocycles. The van der Waals surface area contributed by atoms with Gasteiger partial charge in [0, 0.05) is 11.4 Å². The molecule has 0 aromatic heterocycles. The Kier molecular flexibility index (Phi) is 8.03. The number of benzene rings is 4. The van der Waals surface area contributed by atoms with Crippen molar-refractivity contribution >= 4 is 43.0 Å². The molecule has 0 aliphatic carbocycles. The van der Waals surface area contributed by atoms with E-state index in [0.717, 1.165) is 17.2 Å². The average molecular weight is 568 g/mol. The molecule has 0 spiro atoms. The number of carbonyl (C=O) groups excluding carboxylic acids is 1. The first-order chi connectivity index (χ1) is 18.5. The molecule has 0 fully saturated rings. The van der Waals surface area contributed by atoms with Gasteiger partial charge in [0.05, 0.1) is 15.5 Å². The number of nitrogens with one attached hydrogen (secondary N) is 2. The van der Waals surface area contributed by atoms with Crippen molar-refractivity contribution in [2.75, 3.05) is 20.9 Å². The van der Waals surface area contributed by atoms with Crippen LogP contribution in [0.1, 0.15) is 11.1 Å². The van der Waals surface area contributed by atoms with E-state index < -0.39 is 38.3 Å². The van der Waals surface area contributed by atoms with Gasteiger partial charge in [0.1, 0.15) is 12.4 Å². The zero-order chi connectivity index (χ0) is 28.2. The summed E-state index contributed by atoms with van der Waals surface area (Å²) < 4.78 is 70.1. The van der Waals surface area contributed by atoms with Crippen LogP contribution in [0.25, 0.3) is 0 Å². The summed E-state index contributed by atoms with van der Waals surface area (Å²) in [5, 5.41) is 2.54. The van der Waals surface area contributed by atoms with Gasteiger partial charge in [-0.3, -0.25) is 13.8 Å². The highest BCUT2D eigenvalue weighted by atomic mass is 32.2. The van der Waals surface area contributed by atoms with Gasteiger partial charge in [-0.1, -0.05) is 36.4 Å². The summed E-state index contributed by atoms with van der Waals surface area (Å²) in [5.41, 5.74) is 2.34. The molecule has 4 aromatic rings. The van der Waals surface area contributed by atoms with E-state index in [1.54, 1.807) is 18.2 Å². The van der Waals surface area contributed by atoms with Crippen molar-refractivity contribution in [2.24, 2.45) is 0 Å². The van der Waals surface area contributed by atoms with Crippen molar-refractivity contribution < 1.29 is 26.0 Å². The SMILES string of the molecule is Cc1ccc(NS(=O)(=O)c2ccc(NC(=O)CN(c3ccccc3F)S(=O)(=O)c3ccccc3)cc2)cc1C. The molecule has 0 saturated carbocycles. The zero-order valence-electron chi connectivity index (χ0n) is 21.1. The highest BCUT2D eigenvalue weighted by Gasteiger charge is 2.29. The zero-order valence-corrected chi connectivity index (χ0v) is 22.8. The second-order valence-corrected chi connectivity index (χ2v) is 12.3. The minimum Gasteiger partial charge on any atom is -0.325 e. The number of nitrogens with zero attached hydrogens (tertiary/aromatic N) is 1. The summed E-state index contributed by atoms with van der Waals surface area (Å²) in [6, 6.07) is 23.2. The third kappa shape index (κ3) is 6.44. The number of hydrogen-bond acceptors (Lipinski definition) is 5. The first-order valence-corrected chi connectivity index (χ1v) is 14.7. The van der Waals surface area contributed by atoms with E-state index in [4.69, 9.17) is 0 Å². The highest BCUT2D eigenvalue weighted by molar-refractivity contribution is 7.93. The monoisotopic (exact) mass is 567 g/mol. The van der Waals surface area contributed by atoms with Crippen molar-refractivity contribution in [1.82, 2.24) is 0 Å². The molecule has 202 valence electrons. The van der Waals surface area contributed by atoms with Gasteiger partial charge in [0.15, 0.2) is 0 Å². The molecule has 0 radical (unpaired) electrons. The minimum absolute atomic E-state index is 0.0293. The topological polar surface area (TPSA) is 113 Å².